The second kappa shape index (κ2) is 13.7. The lowest BCUT2D eigenvalue weighted by Gasteiger charge is -2.63. The summed E-state index contributed by atoms with van der Waals surface area (Å²) in [5.41, 5.74) is 2.19. The van der Waals surface area contributed by atoms with Crippen LogP contribution in [0.3, 0.4) is 0 Å². The van der Waals surface area contributed by atoms with Crippen LogP contribution in [0.25, 0.3) is 0 Å². The summed E-state index contributed by atoms with van der Waals surface area (Å²) in [5, 5.41) is 18.4. The Labute approximate surface area is 292 Å². The molecule has 256 valence electrons. The predicted octanol–water partition coefficient (Wildman–Crippen LogP) is 4.76. The van der Waals surface area contributed by atoms with Crippen molar-refractivity contribution in [2.24, 2.45) is 10.8 Å². The van der Waals surface area contributed by atoms with Gasteiger partial charge in [-0.25, -0.2) is 4.98 Å². The second-order valence-electron chi connectivity index (χ2n) is 14.3. The van der Waals surface area contributed by atoms with Gasteiger partial charge in [0.15, 0.2) is 0 Å². The van der Waals surface area contributed by atoms with Gasteiger partial charge >= 0.3 is 0 Å². The van der Waals surface area contributed by atoms with Gasteiger partial charge in [-0.15, -0.1) is 0 Å². The van der Waals surface area contributed by atoms with Crippen molar-refractivity contribution >= 4 is 40.8 Å². The number of hydrogen-bond donors (Lipinski definition) is 3. The molecule has 2 aliphatic heterocycles. The van der Waals surface area contributed by atoms with E-state index in [0.29, 0.717) is 34.7 Å². The van der Waals surface area contributed by atoms with Crippen molar-refractivity contribution in [1.29, 1.82) is 5.26 Å². The van der Waals surface area contributed by atoms with Crippen molar-refractivity contribution in [2.75, 3.05) is 36.4 Å². The largest absolute Gasteiger partial charge is 0.489 e. The topological polar surface area (TPSA) is 140 Å². The molecule has 3 amide bonds. The highest BCUT2D eigenvalue weighted by Crippen LogP contribution is 2.55. The Morgan fingerprint density at radius 1 is 1.06 bits per heavy atom. The first-order valence-electron chi connectivity index (χ1n) is 16.6. The molecule has 1 aliphatic carbocycles. The Kier molecular flexibility index (Phi) is 9.56. The number of piperidine rings is 1. The highest BCUT2D eigenvalue weighted by Gasteiger charge is 2.64. The number of hydrogen-bond acceptors (Lipinski definition) is 9. The molecule has 3 aromatic rings. The van der Waals surface area contributed by atoms with E-state index in [1.54, 1.807) is 24.4 Å². The molecule has 0 bridgehead atoms. The van der Waals surface area contributed by atoms with Crippen LogP contribution in [-0.4, -0.2) is 72.0 Å². The van der Waals surface area contributed by atoms with Crippen molar-refractivity contribution in [3.63, 3.8) is 0 Å². The van der Waals surface area contributed by atoms with Gasteiger partial charge in [-0.2, -0.15) is 5.26 Å². The van der Waals surface area contributed by atoms with Gasteiger partial charge < -0.3 is 20.3 Å². The number of carbonyl (C=O) groups excluding carboxylic acids is 3. The van der Waals surface area contributed by atoms with Crippen molar-refractivity contribution in [1.82, 2.24) is 20.5 Å². The number of rotatable bonds is 9. The third kappa shape index (κ3) is 7.21. The van der Waals surface area contributed by atoms with Gasteiger partial charge in [0.25, 0.3) is 5.91 Å². The molecular formula is C37H42ClN7O4. The van der Waals surface area contributed by atoms with Gasteiger partial charge in [-0.3, -0.25) is 24.6 Å². The monoisotopic (exact) mass is 683 g/mol. The highest BCUT2D eigenvalue weighted by molar-refractivity contribution is 6.31. The highest BCUT2D eigenvalue weighted by atomic mass is 35.5. The molecule has 49 heavy (non-hydrogen) atoms. The van der Waals surface area contributed by atoms with E-state index in [1.807, 2.05) is 24.3 Å². The number of aromatic nitrogens is 1. The molecule has 0 spiro atoms. The zero-order valence-electron chi connectivity index (χ0n) is 28.3. The first-order valence-corrected chi connectivity index (χ1v) is 17.0. The minimum absolute atomic E-state index is 0.145. The lowest BCUT2D eigenvalue weighted by molar-refractivity contribution is -0.164. The van der Waals surface area contributed by atoms with Crippen molar-refractivity contribution < 1.29 is 19.1 Å². The Hall–Kier alpha value is -4.66. The molecule has 6 rings (SSSR count). The maximum atomic E-state index is 13.4. The molecule has 12 heteroatoms. The number of piperazine rings is 1. The van der Waals surface area contributed by atoms with Gasteiger partial charge in [-0.05, 0) is 48.4 Å². The third-order valence-electron chi connectivity index (χ3n) is 10.0. The lowest BCUT2D eigenvalue weighted by Crippen LogP contribution is -2.74. The van der Waals surface area contributed by atoms with E-state index in [9.17, 15) is 19.6 Å². The molecule has 3 N–H and O–H groups in total. The van der Waals surface area contributed by atoms with Crippen molar-refractivity contribution in [2.45, 2.75) is 65.3 Å². The van der Waals surface area contributed by atoms with Crippen LogP contribution >= 0.6 is 11.6 Å². The minimum Gasteiger partial charge on any atom is -0.489 e. The molecule has 1 unspecified atom stereocenters. The molecule has 11 nitrogen and oxygen atoms in total. The molecule has 3 aliphatic rings. The normalized spacial score (nSPS) is 23.1. The van der Waals surface area contributed by atoms with Crippen LogP contribution in [0.4, 0.5) is 11.5 Å². The Morgan fingerprint density at radius 2 is 1.82 bits per heavy atom. The smallest absolute Gasteiger partial charge is 0.253 e. The molecule has 3 fully saturated rings. The Balaban J connectivity index is 0.995. The number of halogens is 1. The SMILES string of the molecule is CC1(C)C(NC(=O)c2ccc(N3CCN(Cc4cccc(NC5CCC(=O)NC5=O)c4)CC3)nc2)C(C)(C)C1Oc1ccc(C#N)c(Cl)c1. The number of imide groups is 1. The minimum atomic E-state index is -0.410. The number of anilines is 2. The average molecular weight is 684 g/mol. The summed E-state index contributed by atoms with van der Waals surface area (Å²) in [6.45, 7) is 12.4. The zero-order chi connectivity index (χ0) is 34.9. The zero-order valence-corrected chi connectivity index (χ0v) is 29.0. The number of amides is 3. The lowest BCUT2D eigenvalue weighted by atomic mass is 9.49. The molecule has 1 saturated carbocycles. The molecule has 2 saturated heterocycles. The number of carbonyl (C=O) groups is 3. The standard InChI is InChI=1S/C37H42ClN7O4/c1-36(2)34(37(3,4)35(36)49-27-10-8-24(20-39)28(38)19-27)43-32(47)25-9-12-30(40-21-25)45-16-14-44(15-17-45)22-23-6-5-7-26(18-23)41-29-11-13-31(46)42-33(29)48/h5-10,12,18-19,21,29,34-35,41H,11,13-17,22H2,1-4H3,(H,43,47)(H,42,46,48). The fourth-order valence-corrected chi connectivity index (χ4v) is 7.92. The summed E-state index contributed by atoms with van der Waals surface area (Å²) < 4.78 is 6.35. The van der Waals surface area contributed by atoms with Crippen LogP contribution in [0.15, 0.2) is 60.8 Å². The fraction of sp³-hybridized carbons (Fsp3) is 0.432. The Bertz CT molecular complexity index is 1760. The van der Waals surface area contributed by atoms with Crippen molar-refractivity contribution in [3.8, 4) is 11.8 Å². The number of ether oxygens (including phenoxy) is 1. The van der Waals surface area contributed by atoms with E-state index >= 15 is 0 Å². The predicted molar refractivity (Wildman–Crippen MR) is 187 cm³/mol. The summed E-state index contributed by atoms with van der Waals surface area (Å²) in [5.74, 6) is 0.751. The first kappa shape index (κ1) is 34.2. The first-order chi connectivity index (χ1) is 23.3. The molecule has 1 aromatic heterocycles. The molecular weight excluding hydrogens is 642 g/mol. The number of pyridine rings is 1. The maximum Gasteiger partial charge on any atom is 0.253 e. The molecule has 2 aromatic carbocycles. The van der Waals surface area contributed by atoms with E-state index in [2.05, 4.69) is 76.6 Å². The summed E-state index contributed by atoms with van der Waals surface area (Å²) in [6.07, 6.45) is 2.28. The van der Waals surface area contributed by atoms with Gasteiger partial charge in [-0.1, -0.05) is 51.4 Å². The molecule has 1 atom stereocenters. The summed E-state index contributed by atoms with van der Waals surface area (Å²) in [6, 6.07) is 18.4. The number of nitrogens with zero attached hydrogens (tertiary/aromatic N) is 4. The molecule has 0 radical (unpaired) electrons. The summed E-state index contributed by atoms with van der Waals surface area (Å²) in [7, 11) is 0. The van der Waals surface area contributed by atoms with Crippen LogP contribution in [0, 0.1) is 22.2 Å². The van der Waals surface area contributed by atoms with E-state index in [4.69, 9.17) is 16.3 Å². The van der Waals surface area contributed by atoms with Crippen LogP contribution in [0.1, 0.15) is 62.0 Å². The van der Waals surface area contributed by atoms with Gasteiger partial charge in [0.1, 0.15) is 29.8 Å². The van der Waals surface area contributed by atoms with E-state index in [0.717, 1.165) is 49.8 Å². The van der Waals surface area contributed by atoms with Gasteiger partial charge in [0.2, 0.25) is 11.8 Å². The second-order valence-corrected chi connectivity index (χ2v) is 14.7. The van der Waals surface area contributed by atoms with Crippen LogP contribution in [-0.2, 0) is 16.1 Å². The number of nitriles is 1. The summed E-state index contributed by atoms with van der Waals surface area (Å²) >= 11 is 6.23. The van der Waals surface area contributed by atoms with Crippen LogP contribution in [0.5, 0.6) is 5.75 Å². The summed E-state index contributed by atoms with van der Waals surface area (Å²) in [4.78, 5) is 46.3. The maximum absolute atomic E-state index is 13.4. The van der Waals surface area contributed by atoms with Crippen LogP contribution in [0.2, 0.25) is 5.02 Å². The number of nitrogens with one attached hydrogen (secondary N) is 3. The van der Waals surface area contributed by atoms with Gasteiger partial charge in [0.05, 0.1) is 16.1 Å². The quantitative estimate of drug-likeness (QED) is 0.273. The number of benzene rings is 2. The van der Waals surface area contributed by atoms with Crippen molar-refractivity contribution in [3.05, 3.63) is 82.5 Å². The third-order valence-corrected chi connectivity index (χ3v) is 10.4. The fourth-order valence-electron chi connectivity index (χ4n) is 7.70. The van der Waals surface area contributed by atoms with E-state index < -0.39 is 6.04 Å². The molecule has 3 heterocycles. The Morgan fingerprint density at radius 3 is 2.47 bits per heavy atom. The van der Waals surface area contributed by atoms with Gasteiger partial charge in [0, 0.05) is 74.0 Å². The average Bonchev–Trinajstić information content (AvgIpc) is 3.08. The van der Waals surface area contributed by atoms with E-state index in [1.165, 1.54) is 0 Å². The van der Waals surface area contributed by atoms with E-state index in [-0.39, 0.29) is 40.7 Å². The van der Waals surface area contributed by atoms with Crippen LogP contribution < -0.4 is 25.6 Å².